The SMILES string of the molecule is FC(F)(F)C(F)(F)CNc1ccccn1.Nc1ccccn1. The minimum absolute atomic E-state index is 0.0265. The third kappa shape index (κ3) is 5.90. The first-order valence-corrected chi connectivity index (χ1v) is 5.98. The van der Waals surface area contributed by atoms with Crippen LogP contribution in [0.4, 0.5) is 33.6 Å². The molecule has 0 amide bonds. The lowest BCUT2D eigenvalue weighted by molar-refractivity contribution is -0.275. The molecule has 0 aliphatic rings. The van der Waals surface area contributed by atoms with Crippen LogP contribution in [-0.4, -0.2) is 28.6 Å². The average Bonchev–Trinajstić information content (AvgIpc) is 2.47. The average molecular weight is 320 g/mol. The van der Waals surface area contributed by atoms with Gasteiger partial charge in [-0.15, -0.1) is 0 Å². The summed E-state index contributed by atoms with van der Waals surface area (Å²) < 4.78 is 60.0. The Labute approximate surface area is 123 Å². The second kappa shape index (κ2) is 7.53. The summed E-state index contributed by atoms with van der Waals surface area (Å²) in [6, 6.07) is 9.72. The monoisotopic (exact) mass is 320 g/mol. The van der Waals surface area contributed by atoms with Crippen LogP contribution in [0.25, 0.3) is 0 Å². The first kappa shape index (κ1) is 17.6. The van der Waals surface area contributed by atoms with Crippen LogP contribution < -0.4 is 11.1 Å². The Morgan fingerprint density at radius 1 is 0.909 bits per heavy atom. The first-order valence-electron chi connectivity index (χ1n) is 5.98. The Morgan fingerprint density at radius 2 is 1.50 bits per heavy atom. The third-order valence-corrected chi connectivity index (χ3v) is 2.26. The van der Waals surface area contributed by atoms with E-state index in [0.717, 1.165) is 0 Å². The largest absolute Gasteiger partial charge is 0.455 e. The summed E-state index contributed by atoms with van der Waals surface area (Å²) in [5.74, 6) is -4.21. The van der Waals surface area contributed by atoms with E-state index >= 15 is 0 Å². The number of nitrogens with zero attached hydrogens (tertiary/aromatic N) is 2. The van der Waals surface area contributed by atoms with Gasteiger partial charge in [0.25, 0.3) is 0 Å². The van der Waals surface area contributed by atoms with Crippen LogP contribution in [0.3, 0.4) is 0 Å². The standard InChI is InChI=1S/C8H7F5N2.C5H6N2/c9-7(10,8(11,12)13)5-15-6-3-1-2-4-14-6;6-5-3-1-2-4-7-5/h1-4H,5H2,(H,14,15);1-4H,(H2,6,7). The van der Waals surface area contributed by atoms with Gasteiger partial charge >= 0.3 is 12.1 Å². The highest BCUT2D eigenvalue weighted by molar-refractivity contribution is 5.33. The quantitative estimate of drug-likeness (QED) is 0.851. The number of alkyl halides is 5. The summed E-state index contributed by atoms with van der Waals surface area (Å²) in [6.45, 7) is -1.52. The molecular weight excluding hydrogens is 307 g/mol. The predicted octanol–water partition coefficient (Wildman–Crippen LogP) is 3.35. The van der Waals surface area contributed by atoms with E-state index < -0.39 is 18.6 Å². The van der Waals surface area contributed by atoms with E-state index in [1.54, 1.807) is 12.3 Å². The van der Waals surface area contributed by atoms with Crippen molar-refractivity contribution in [2.75, 3.05) is 17.6 Å². The van der Waals surface area contributed by atoms with Gasteiger partial charge in [0, 0.05) is 12.4 Å². The van der Waals surface area contributed by atoms with Crippen molar-refractivity contribution in [1.82, 2.24) is 9.97 Å². The zero-order valence-corrected chi connectivity index (χ0v) is 11.2. The second-order valence-electron chi connectivity index (χ2n) is 4.03. The van der Waals surface area contributed by atoms with E-state index in [0.29, 0.717) is 5.82 Å². The number of nitrogens with one attached hydrogen (secondary N) is 1. The molecule has 0 saturated heterocycles. The van der Waals surface area contributed by atoms with E-state index in [2.05, 4.69) is 9.97 Å². The molecular formula is C13H13F5N4. The number of halogens is 5. The molecule has 2 aromatic rings. The topological polar surface area (TPSA) is 63.8 Å². The lowest BCUT2D eigenvalue weighted by Crippen LogP contribution is -2.42. The van der Waals surface area contributed by atoms with Gasteiger partial charge in [-0.05, 0) is 24.3 Å². The molecule has 0 radical (unpaired) electrons. The van der Waals surface area contributed by atoms with Gasteiger partial charge in [-0.3, -0.25) is 0 Å². The summed E-state index contributed by atoms with van der Waals surface area (Å²) in [7, 11) is 0. The normalized spacial score (nSPS) is 11.3. The summed E-state index contributed by atoms with van der Waals surface area (Å²) in [4.78, 5) is 7.31. The molecule has 0 unspecified atom stereocenters. The number of nitrogen functional groups attached to an aromatic ring is 1. The Morgan fingerprint density at radius 3 is 1.86 bits per heavy atom. The minimum atomic E-state index is -5.55. The fourth-order valence-corrected chi connectivity index (χ4v) is 1.15. The van der Waals surface area contributed by atoms with E-state index in [4.69, 9.17) is 5.73 Å². The van der Waals surface area contributed by atoms with Gasteiger partial charge in [0.15, 0.2) is 0 Å². The fourth-order valence-electron chi connectivity index (χ4n) is 1.15. The molecule has 0 aliphatic heterocycles. The lowest BCUT2D eigenvalue weighted by Gasteiger charge is -2.19. The Bertz CT molecular complexity index is 545. The van der Waals surface area contributed by atoms with Crippen molar-refractivity contribution in [2.45, 2.75) is 12.1 Å². The molecule has 2 heterocycles. The van der Waals surface area contributed by atoms with E-state index in [-0.39, 0.29) is 5.82 Å². The molecule has 2 aromatic heterocycles. The molecule has 0 bridgehead atoms. The van der Waals surface area contributed by atoms with Crippen LogP contribution >= 0.6 is 0 Å². The smallest absolute Gasteiger partial charge is 0.384 e. The van der Waals surface area contributed by atoms with Crippen molar-refractivity contribution in [3.8, 4) is 0 Å². The maximum atomic E-state index is 12.4. The highest BCUT2D eigenvalue weighted by atomic mass is 19.4. The summed E-state index contributed by atoms with van der Waals surface area (Å²) in [6.07, 6.45) is -2.60. The molecule has 0 spiro atoms. The van der Waals surface area contributed by atoms with Gasteiger partial charge < -0.3 is 11.1 Å². The maximum absolute atomic E-state index is 12.4. The third-order valence-electron chi connectivity index (χ3n) is 2.26. The van der Waals surface area contributed by atoms with Crippen molar-refractivity contribution in [3.05, 3.63) is 48.8 Å². The minimum Gasteiger partial charge on any atom is -0.384 e. The Balaban J connectivity index is 0.000000287. The molecule has 0 aromatic carbocycles. The van der Waals surface area contributed by atoms with Gasteiger partial charge in [0.05, 0.1) is 6.54 Å². The van der Waals surface area contributed by atoms with Crippen LogP contribution in [0.1, 0.15) is 0 Å². The molecule has 0 aliphatic carbocycles. The fraction of sp³-hybridized carbons (Fsp3) is 0.231. The molecule has 22 heavy (non-hydrogen) atoms. The number of pyridine rings is 2. The zero-order chi connectivity index (χ0) is 16.6. The first-order chi connectivity index (χ1) is 10.2. The van der Waals surface area contributed by atoms with Crippen molar-refractivity contribution in [1.29, 1.82) is 0 Å². The number of rotatable bonds is 3. The van der Waals surface area contributed by atoms with Crippen molar-refractivity contribution < 1.29 is 22.0 Å². The summed E-state index contributed by atoms with van der Waals surface area (Å²) in [5, 5.41) is 1.91. The molecule has 2 rings (SSSR count). The van der Waals surface area contributed by atoms with Crippen LogP contribution in [0.15, 0.2) is 48.8 Å². The lowest BCUT2D eigenvalue weighted by atomic mass is 10.3. The highest BCUT2D eigenvalue weighted by Crippen LogP contribution is 2.35. The highest BCUT2D eigenvalue weighted by Gasteiger charge is 2.57. The molecule has 120 valence electrons. The van der Waals surface area contributed by atoms with E-state index in [1.807, 2.05) is 17.4 Å². The van der Waals surface area contributed by atoms with Crippen molar-refractivity contribution >= 4 is 11.6 Å². The van der Waals surface area contributed by atoms with Crippen LogP contribution in [0, 0.1) is 0 Å². The Kier molecular flexibility index (Phi) is 6.02. The van der Waals surface area contributed by atoms with E-state index in [9.17, 15) is 22.0 Å². The number of aromatic nitrogens is 2. The molecule has 0 saturated carbocycles. The van der Waals surface area contributed by atoms with Crippen molar-refractivity contribution in [2.24, 2.45) is 0 Å². The molecule has 4 nitrogen and oxygen atoms in total. The number of hydrogen-bond donors (Lipinski definition) is 2. The molecule has 3 N–H and O–H groups in total. The molecule has 0 atom stereocenters. The number of hydrogen-bond acceptors (Lipinski definition) is 4. The number of anilines is 2. The van der Waals surface area contributed by atoms with Gasteiger partial charge in [0.1, 0.15) is 11.6 Å². The summed E-state index contributed by atoms with van der Waals surface area (Å²) >= 11 is 0. The zero-order valence-electron chi connectivity index (χ0n) is 11.2. The van der Waals surface area contributed by atoms with Crippen LogP contribution in [0.2, 0.25) is 0 Å². The maximum Gasteiger partial charge on any atom is 0.455 e. The van der Waals surface area contributed by atoms with Crippen LogP contribution in [-0.2, 0) is 0 Å². The number of nitrogens with two attached hydrogens (primary N) is 1. The second-order valence-corrected chi connectivity index (χ2v) is 4.03. The molecule has 0 fully saturated rings. The van der Waals surface area contributed by atoms with Crippen LogP contribution in [0.5, 0.6) is 0 Å². The van der Waals surface area contributed by atoms with E-state index in [1.165, 1.54) is 24.4 Å². The Hall–Kier alpha value is -2.45. The van der Waals surface area contributed by atoms with Gasteiger partial charge in [-0.25, -0.2) is 9.97 Å². The van der Waals surface area contributed by atoms with Crippen molar-refractivity contribution in [3.63, 3.8) is 0 Å². The summed E-state index contributed by atoms with van der Waals surface area (Å²) in [5.41, 5.74) is 5.25. The predicted molar refractivity (Wildman–Crippen MR) is 72.4 cm³/mol. The van der Waals surface area contributed by atoms with Gasteiger partial charge in [-0.1, -0.05) is 12.1 Å². The van der Waals surface area contributed by atoms with Gasteiger partial charge in [-0.2, -0.15) is 22.0 Å². The molecule has 9 heteroatoms. The van der Waals surface area contributed by atoms with Gasteiger partial charge in [0.2, 0.25) is 0 Å².